The summed E-state index contributed by atoms with van der Waals surface area (Å²) < 4.78 is 28.2. The highest BCUT2D eigenvalue weighted by Crippen LogP contribution is 2.23. The van der Waals surface area contributed by atoms with Crippen molar-refractivity contribution in [2.45, 2.75) is 17.3 Å². The summed E-state index contributed by atoms with van der Waals surface area (Å²) in [5.41, 5.74) is 0.613. The van der Waals surface area contributed by atoms with Crippen molar-refractivity contribution < 1.29 is 13.6 Å². The molecule has 1 N–H and O–H groups in total. The summed E-state index contributed by atoms with van der Waals surface area (Å²) in [6, 6.07) is 8.47. The average molecular weight is 334 g/mol. The van der Waals surface area contributed by atoms with Crippen LogP contribution >= 0.6 is 11.8 Å². The Kier molecular flexibility index (Phi) is 4.24. The Morgan fingerprint density at radius 3 is 2.87 bits per heavy atom. The van der Waals surface area contributed by atoms with Crippen LogP contribution in [0.4, 0.5) is 14.5 Å². The summed E-state index contributed by atoms with van der Waals surface area (Å²) in [6.07, 6.45) is 1.79. The minimum absolute atomic E-state index is 0.0602. The van der Waals surface area contributed by atoms with Crippen LogP contribution in [0.1, 0.15) is 6.92 Å². The number of hydrogen-bond donors (Lipinski definition) is 1. The van der Waals surface area contributed by atoms with E-state index in [2.05, 4.69) is 15.5 Å². The van der Waals surface area contributed by atoms with Gasteiger partial charge < -0.3 is 5.32 Å². The molecule has 0 aliphatic heterocycles. The molecule has 0 saturated carbocycles. The lowest BCUT2D eigenvalue weighted by Crippen LogP contribution is -2.23. The van der Waals surface area contributed by atoms with Gasteiger partial charge in [-0.15, -0.1) is 10.2 Å². The van der Waals surface area contributed by atoms with Gasteiger partial charge in [0.1, 0.15) is 11.6 Å². The van der Waals surface area contributed by atoms with E-state index in [-0.39, 0.29) is 5.69 Å². The maximum atomic E-state index is 13.6. The smallest absolute Gasteiger partial charge is 0.237 e. The van der Waals surface area contributed by atoms with Crippen LogP contribution in [0.5, 0.6) is 0 Å². The SMILES string of the molecule is C[C@@H](Sc1nnc2ccccn12)C(=O)Nc1ccc(F)cc1F. The number of carbonyl (C=O) groups excluding carboxylic acids is 1. The van der Waals surface area contributed by atoms with Gasteiger partial charge >= 0.3 is 0 Å². The highest BCUT2D eigenvalue weighted by Gasteiger charge is 2.19. The second-order valence-corrected chi connectivity index (χ2v) is 6.09. The van der Waals surface area contributed by atoms with E-state index in [1.165, 1.54) is 17.8 Å². The van der Waals surface area contributed by atoms with Crippen molar-refractivity contribution in [3.63, 3.8) is 0 Å². The quantitative estimate of drug-likeness (QED) is 0.745. The van der Waals surface area contributed by atoms with Gasteiger partial charge in [0.25, 0.3) is 0 Å². The van der Waals surface area contributed by atoms with Crippen LogP contribution < -0.4 is 5.32 Å². The van der Waals surface area contributed by atoms with Gasteiger partial charge in [-0.3, -0.25) is 9.20 Å². The number of fused-ring (bicyclic) bond motifs is 1. The monoisotopic (exact) mass is 334 g/mol. The fraction of sp³-hybridized carbons (Fsp3) is 0.133. The number of benzene rings is 1. The van der Waals surface area contributed by atoms with E-state index in [1.54, 1.807) is 23.6 Å². The summed E-state index contributed by atoms with van der Waals surface area (Å²) in [7, 11) is 0. The normalized spacial score (nSPS) is 12.3. The van der Waals surface area contributed by atoms with Crippen molar-refractivity contribution >= 4 is 29.0 Å². The molecule has 1 atom stereocenters. The second-order valence-electron chi connectivity index (χ2n) is 4.78. The van der Waals surface area contributed by atoms with Gasteiger partial charge in [0.2, 0.25) is 5.91 Å². The number of rotatable bonds is 4. The van der Waals surface area contributed by atoms with Crippen LogP contribution in [0.15, 0.2) is 47.8 Å². The Bertz CT molecular complexity index is 868. The second kappa shape index (κ2) is 6.33. The number of nitrogens with one attached hydrogen (secondary N) is 1. The minimum Gasteiger partial charge on any atom is -0.323 e. The molecule has 0 spiro atoms. The number of thioether (sulfide) groups is 1. The van der Waals surface area contributed by atoms with Crippen molar-refractivity contribution in [2.24, 2.45) is 0 Å². The minimum atomic E-state index is -0.816. The fourth-order valence-electron chi connectivity index (χ4n) is 1.94. The maximum Gasteiger partial charge on any atom is 0.237 e. The van der Waals surface area contributed by atoms with E-state index in [9.17, 15) is 13.6 Å². The Balaban J connectivity index is 1.72. The molecule has 0 unspecified atom stereocenters. The Morgan fingerprint density at radius 1 is 1.26 bits per heavy atom. The van der Waals surface area contributed by atoms with Gasteiger partial charge in [-0.2, -0.15) is 0 Å². The summed E-state index contributed by atoms with van der Waals surface area (Å²) in [5, 5.41) is 10.5. The fourth-order valence-corrected chi connectivity index (χ4v) is 2.77. The molecular weight excluding hydrogens is 322 g/mol. The topological polar surface area (TPSA) is 59.3 Å². The third kappa shape index (κ3) is 3.31. The van der Waals surface area contributed by atoms with Crippen molar-refractivity contribution in [3.8, 4) is 0 Å². The summed E-state index contributed by atoms with van der Waals surface area (Å²) in [6.45, 7) is 1.67. The number of amides is 1. The Hall–Kier alpha value is -2.48. The molecule has 0 aliphatic rings. The first kappa shape index (κ1) is 15.4. The highest BCUT2D eigenvalue weighted by atomic mass is 32.2. The van der Waals surface area contributed by atoms with Gasteiger partial charge in [0.05, 0.1) is 10.9 Å². The molecule has 3 rings (SSSR count). The Morgan fingerprint density at radius 2 is 2.09 bits per heavy atom. The van der Waals surface area contributed by atoms with Gasteiger partial charge in [-0.25, -0.2) is 8.78 Å². The molecule has 8 heteroatoms. The molecule has 23 heavy (non-hydrogen) atoms. The molecule has 3 aromatic rings. The zero-order valence-corrected chi connectivity index (χ0v) is 12.8. The lowest BCUT2D eigenvalue weighted by atomic mass is 10.3. The van der Waals surface area contributed by atoms with Crippen LogP contribution in [0, 0.1) is 11.6 Å². The van der Waals surface area contributed by atoms with Crippen LogP contribution in [-0.4, -0.2) is 25.8 Å². The number of carbonyl (C=O) groups is 1. The first-order chi connectivity index (χ1) is 11.0. The molecule has 0 fully saturated rings. The summed E-state index contributed by atoms with van der Waals surface area (Å²) >= 11 is 1.20. The van der Waals surface area contributed by atoms with E-state index in [0.29, 0.717) is 10.8 Å². The third-order valence-electron chi connectivity index (χ3n) is 3.12. The molecule has 0 bridgehead atoms. The van der Waals surface area contributed by atoms with Crippen LogP contribution in [0.25, 0.3) is 5.65 Å². The van der Waals surface area contributed by atoms with Gasteiger partial charge in [0.15, 0.2) is 10.8 Å². The first-order valence-corrected chi connectivity index (χ1v) is 7.65. The zero-order valence-electron chi connectivity index (χ0n) is 12.0. The maximum absolute atomic E-state index is 13.6. The van der Waals surface area contributed by atoms with E-state index in [4.69, 9.17) is 0 Å². The van der Waals surface area contributed by atoms with Crippen LogP contribution in [-0.2, 0) is 4.79 Å². The van der Waals surface area contributed by atoms with Crippen LogP contribution in [0.3, 0.4) is 0 Å². The van der Waals surface area contributed by atoms with Crippen molar-refractivity contribution in [3.05, 3.63) is 54.2 Å². The summed E-state index contributed by atoms with van der Waals surface area (Å²) in [4.78, 5) is 12.2. The molecule has 2 heterocycles. The van der Waals surface area contributed by atoms with E-state index in [1.807, 2.05) is 12.1 Å². The molecular formula is C15H12F2N4OS. The van der Waals surface area contributed by atoms with Crippen molar-refractivity contribution in [1.29, 1.82) is 0 Å². The van der Waals surface area contributed by atoms with Gasteiger partial charge in [-0.05, 0) is 31.2 Å². The van der Waals surface area contributed by atoms with Gasteiger partial charge in [0, 0.05) is 12.3 Å². The highest BCUT2D eigenvalue weighted by molar-refractivity contribution is 8.00. The molecule has 0 saturated heterocycles. The third-order valence-corrected chi connectivity index (χ3v) is 4.18. The standard InChI is InChI=1S/C15H12F2N4OS/c1-9(14(22)18-12-6-5-10(16)8-11(12)17)23-15-20-19-13-4-2-3-7-21(13)15/h2-9H,1H3,(H,18,22)/t9-/m1/s1. The molecule has 118 valence electrons. The zero-order chi connectivity index (χ0) is 16.4. The number of aromatic nitrogens is 3. The Labute approximate surface area is 134 Å². The molecule has 0 aliphatic carbocycles. The number of pyridine rings is 1. The van der Waals surface area contributed by atoms with E-state index < -0.39 is 22.8 Å². The first-order valence-electron chi connectivity index (χ1n) is 6.77. The molecule has 1 amide bonds. The lowest BCUT2D eigenvalue weighted by molar-refractivity contribution is -0.115. The number of anilines is 1. The number of halogens is 2. The number of hydrogen-bond acceptors (Lipinski definition) is 4. The summed E-state index contributed by atoms with van der Waals surface area (Å²) in [5.74, 6) is -1.92. The lowest BCUT2D eigenvalue weighted by Gasteiger charge is -2.11. The van der Waals surface area contributed by atoms with E-state index in [0.717, 1.165) is 12.1 Å². The van der Waals surface area contributed by atoms with Crippen molar-refractivity contribution in [1.82, 2.24) is 14.6 Å². The predicted molar refractivity (Wildman–Crippen MR) is 83.3 cm³/mol. The molecule has 2 aromatic heterocycles. The molecule has 5 nitrogen and oxygen atoms in total. The number of nitrogens with zero attached hydrogens (tertiary/aromatic N) is 3. The van der Waals surface area contributed by atoms with Crippen LogP contribution in [0.2, 0.25) is 0 Å². The van der Waals surface area contributed by atoms with Gasteiger partial charge in [-0.1, -0.05) is 17.8 Å². The van der Waals surface area contributed by atoms with Crippen molar-refractivity contribution in [2.75, 3.05) is 5.32 Å². The largest absolute Gasteiger partial charge is 0.323 e. The molecule has 0 radical (unpaired) electrons. The molecule has 1 aromatic carbocycles. The predicted octanol–water partition coefficient (Wildman–Crippen LogP) is 3.13. The average Bonchev–Trinajstić information content (AvgIpc) is 2.93. The van der Waals surface area contributed by atoms with E-state index >= 15 is 0 Å².